The average Bonchev–Trinajstić information content (AvgIpc) is 2.80. The molecule has 0 spiro atoms. The van der Waals surface area contributed by atoms with Gasteiger partial charge in [0.2, 0.25) is 0 Å². The molecule has 0 fully saturated rings. The van der Waals surface area contributed by atoms with Gasteiger partial charge >= 0.3 is 0 Å². The fourth-order valence-corrected chi connectivity index (χ4v) is 3.67. The molecule has 0 unspecified atom stereocenters. The minimum Gasteiger partial charge on any atom is -0.502 e. The number of benzene rings is 2. The molecule has 5 nitrogen and oxygen atoms in total. The van der Waals surface area contributed by atoms with Gasteiger partial charge in [-0.3, -0.25) is 0 Å². The molecule has 1 aromatic heterocycles. The average molecular weight is 420 g/mol. The van der Waals surface area contributed by atoms with Gasteiger partial charge < -0.3 is 19.9 Å². The predicted molar refractivity (Wildman–Crippen MR) is 122 cm³/mol. The van der Waals surface area contributed by atoms with Crippen molar-refractivity contribution < 1.29 is 19.1 Å². The molecule has 2 aromatic carbocycles. The van der Waals surface area contributed by atoms with Crippen LogP contribution in [-0.2, 0) is 6.42 Å². The number of hydrogen-bond donors (Lipinski definition) is 2. The molecule has 1 aliphatic rings. The number of pyridine rings is 1. The summed E-state index contributed by atoms with van der Waals surface area (Å²) in [6, 6.07) is 19.1. The van der Waals surface area contributed by atoms with Crippen LogP contribution in [0.1, 0.15) is 18.1 Å². The van der Waals surface area contributed by atoms with Crippen molar-refractivity contribution >= 4 is 34.3 Å². The van der Waals surface area contributed by atoms with Crippen LogP contribution >= 0.6 is 12.2 Å². The van der Waals surface area contributed by atoms with Crippen LogP contribution in [0.15, 0.2) is 73.1 Å². The Morgan fingerprint density at radius 2 is 1.73 bits per heavy atom. The van der Waals surface area contributed by atoms with Gasteiger partial charge in [0.25, 0.3) is 5.70 Å². The fraction of sp³-hybridized carbons (Fsp3) is 0.167. The summed E-state index contributed by atoms with van der Waals surface area (Å²) in [5.74, 6) is 1.33. The topological polar surface area (TPSA) is 54.6 Å². The van der Waals surface area contributed by atoms with E-state index in [1.54, 1.807) is 22.8 Å². The van der Waals surface area contributed by atoms with E-state index in [0.717, 1.165) is 17.7 Å². The van der Waals surface area contributed by atoms with E-state index < -0.39 is 0 Å². The standard InChI is InChI=1S/C24H22N2O3S/c1-2-17-8-4-5-9-19(17)25-24(30)22(26-12-6-3-7-13-26)23(27)18-10-11-20-21(16-18)29-15-14-28-20/h3-13,16H,2,14-15H2,1H3,(H-,25,27,30)/p+1. The Labute approximate surface area is 181 Å². The van der Waals surface area contributed by atoms with Gasteiger partial charge in [-0.15, -0.1) is 0 Å². The molecule has 0 radical (unpaired) electrons. The molecular formula is C24H23N2O3S+. The SMILES string of the molecule is CCc1ccccc1NC(=S)/C(=C(/O)c1ccc2c(c1)OCCO2)[n+]1ccccc1. The van der Waals surface area contributed by atoms with Crippen LogP contribution < -0.4 is 19.4 Å². The zero-order valence-corrected chi connectivity index (χ0v) is 17.5. The molecule has 0 bridgehead atoms. The first-order chi connectivity index (χ1) is 14.7. The number of nitrogens with one attached hydrogen (secondary N) is 1. The second-order valence-electron chi connectivity index (χ2n) is 6.80. The van der Waals surface area contributed by atoms with Crippen LogP contribution in [0, 0.1) is 0 Å². The molecule has 1 aliphatic heterocycles. The third-order valence-corrected chi connectivity index (χ3v) is 5.17. The highest BCUT2D eigenvalue weighted by Gasteiger charge is 2.25. The fourth-order valence-electron chi connectivity index (χ4n) is 3.35. The lowest BCUT2D eigenvalue weighted by atomic mass is 10.1. The molecule has 3 aromatic rings. The Morgan fingerprint density at radius 3 is 2.50 bits per heavy atom. The highest BCUT2D eigenvalue weighted by Crippen LogP contribution is 2.33. The highest BCUT2D eigenvalue weighted by atomic mass is 32.1. The van der Waals surface area contributed by atoms with E-state index in [0.29, 0.717) is 41.0 Å². The summed E-state index contributed by atoms with van der Waals surface area (Å²) in [5, 5.41) is 14.6. The number of anilines is 1. The molecule has 4 rings (SSSR count). The zero-order chi connectivity index (χ0) is 20.9. The number of para-hydroxylation sites is 1. The normalized spacial score (nSPS) is 13.4. The highest BCUT2D eigenvalue weighted by molar-refractivity contribution is 7.81. The Kier molecular flexibility index (Phi) is 5.95. The molecule has 2 heterocycles. The van der Waals surface area contributed by atoms with Crippen molar-refractivity contribution in [1.82, 2.24) is 0 Å². The summed E-state index contributed by atoms with van der Waals surface area (Å²) in [7, 11) is 0. The Balaban J connectivity index is 1.77. The van der Waals surface area contributed by atoms with Crippen LogP contribution in [0.2, 0.25) is 0 Å². The monoisotopic (exact) mass is 419 g/mol. The summed E-state index contributed by atoms with van der Waals surface area (Å²) in [6.07, 6.45) is 4.57. The van der Waals surface area contributed by atoms with Crippen LogP contribution in [0.5, 0.6) is 11.5 Å². The van der Waals surface area contributed by atoms with Gasteiger partial charge in [-0.05, 0) is 36.2 Å². The number of aliphatic hydroxyl groups is 1. The van der Waals surface area contributed by atoms with Gasteiger partial charge in [0.15, 0.2) is 34.6 Å². The third kappa shape index (κ3) is 4.14. The van der Waals surface area contributed by atoms with E-state index in [2.05, 4.69) is 18.3 Å². The number of rotatable bonds is 5. The lowest BCUT2D eigenvalue weighted by Gasteiger charge is -2.19. The van der Waals surface area contributed by atoms with Gasteiger partial charge in [0.1, 0.15) is 13.2 Å². The molecule has 2 N–H and O–H groups in total. The van der Waals surface area contributed by atoms with Crippen LogP contribution in [-0.4, -0.2) is 23.3 Å². The maximum atomic E-state index is 11.2. The smallest absolute Gasteiger partial charge is 0.288 e. The lowest BCUT2D eigenvalue weighted by molar-refractivity contribution is -0.575. The Morgan fingerprint density at radius 1 is 1.00 bits per heavy atom. The lowest BCUT2D eigenvalue weighted by Crippen LogP contribution is -2.38. The molecule has 0 saturated heterocycles. The van der Waals surface area contributed by atoms with Gasteiger partial charge in [-0.25, -0.2) is 0 Å². The van der Waals surface area contributed by atoms with Crippen LogP contribution in [0.25, 0.3) is 11.5 Å². The van der Waals surface area contributed by atoms with Crippen molar-refractivity contribution in [3.63, 3.8) is 0 Å². The largest absolute Gasteiger partial charge is 0.502 e. The number of aromatic nitrogens is 1. The van der Waals surface area contributed by atoms with E-state index in [1.807, 2.05) is 48.8 Å². The molecule has 152 valence electrons. The van der Waals surface area contributed by atoms with E-state index in [4.69, 9.17) is 21.7 Å². The quantitative estimate of drug-likeness (QED) is 0.273. The number of fused-ring (bicyclic) bond motifs is 1. The molecule has 0 aliphatic carbocycles. The number of hydrogen-bond acceptors (Lipinski definition) is 4. The first kappa shape index (κ1) is 19.9. The molecule has 0 amide bonds. The summed E-state index contributed by atoms with van der Waals surface area (Å²) in [4.78, 5) is 0.416. The van der Waals surface area contributed by atoms with E-state index in [-0.39, 0.29) is 5.76 Å². The number of ether oxygens (including phenoxy) is 2. The number of aryl methyl sites for hydroxylation is 1. The Hall–Kier alpha value is -3.38. The Bertz CT molecular complexity index is 1100. The van der Waals surface area contributed by atoms with Crippen molar-refractivity contribution in [3.8, 4) is 11.5 Å². The van der Waals surface area contributed by atoms with E-state index in [1.165, 1.54) is 0 Å². The molecule has 30 heavy (non-hydrogen) atoms. The van der Waals surface area contributed by atoms with E-state index in [9.17, 15) is 5.11 Å². The van der Waals surface area contributed by atoms with Crippen LogP contribution in [0.4, 0.5) is 5.69 Å². The predicted octanol–water partition coefficient (Wildman–Crippen LogP) is 4.63. The number of thiocarbonyl (C=S) groups is 1. The number of aliphatic hydroxyl groups excluding tert-OH is 1. The summed E-state index contributed by atoms with van der Waals surface area (Å²) >= 11 is 5.74. The van der Waals surface area contributed by atoms with Crippen LogP contribution in [0.3, 0.4) is 0 Å². The summed E-state index contributed by atoms with van der Waals surface area (Å²) in [5.41, 5.74) is 3.15. The van der Waals surface area contributed by atoms with Gasteiger partial charge in [0, 0.05) is 23.4 Å². The molecular weight excluding hydrogens is 396 g/mol. The van der Waals surface area contributed by atoms with Gasteiger partial charge in [-0.2, -0.15) is 4.57 Å². The maximum Gasteiger partial charge on any atom is 0.288 e. The summed E-state index contributed by atoms with van der Waals surface area (Å²) in [6.45, 7) is 3.10. The maximum absolute atomic E-state index is 11.2. The first-order valence-corrected chi connectivity index (χ1v) is 10.3. The first-order valence-electron chi connectivity index (χ1n) is 9.86. The van der Waals surface area contributed by atoms with Gasteiger partial charge in [-0.1, -0.05) is 43.4 Å². The third-order valence-electron chi connectivity index (χ3n) is 4.88. The van der Waals surface area contributed by atoms with Crippen molar-refractivity contribution in [2.45, 2.75) is 13.3 Å². The van der Waals surface area contributed by atoms with Crippen molar-refractivity contribution in [1.29, 1.82) is 0 Å². The van der Waals surface area contributed by atoms with Crippen molar-refractivity contribution in [3.05, 3.63) is 84.2 Å². The molecule has 0 saturated carbocycles. The second kappa shape index (κ2) is 8.97. The molecule has 6 heteroatoms. The molecule has 0 atom stereocenters. The van der Waals surface area contributed by atoms with Gasteiger partial charge in [0.05, 0.1) is 0 Å². The second-order valence-corrected chi connectivity index (χ2v) is 7.21. The zero-order valence-electron chi connectivity index (χ0n) is 16.7. The minimum absolute atomic E-state index is 0.0506. The minimum atomic E-state index is 0.0506. The van der Waals surface area contributed by atoms with E-state index >= 15 is 0 Å². The summed E-state index contributed by atoms with van der Waals surface area (Å²) < 4.78 is 13.1. The number of nitrogens with zero attached hydrogens (tertiary/aromatic N) is 1. The van der Waals surface area contributed by atoms with Crippen molar-refractivity contribution in [2.24, 2.45) is 0 Å². The van der Waals surface area contributed by atoms with Crippen molar-refractivity contribution in [2.75, 3.05) is 18.5 Å².